The van der Waals surface area contributed by atoms with E-state index in [1.165, 1.54) is 0 Å². The molecule has 88 valence electrons. The first-order valence-corrected chi connectivity index (χ1v) is 6.12. The molecule has 0 aliphatic rings. The minimum Gasteiger partial charge on any atom is -0.370 e. The van der Waals surface area contributed by atoms with Crippen LogP contribution in [0, 0.1) is 0 Å². The highest BCUT2D eigenvalue weighted by Crippen LogP contribution is 2.27. The number of rotatable bonds is 3. The van der Waals surface area contributed by atoms with Crippen LogP contribution in [0.15, 0.2) is 36.4 Å². The van der Waals surface area contributed by atoms with Crippen molar-refractivity contribution in [1.29, 1.82) is 0 Å². The van der Waals surface area contributed by atoms with Crippen LogP contribution in [-0.2, 0) is 0 Å². The molecule has 4 heteroatoms. The maximum Gasteiger partial charge on any atom is 0.126 e. The van der Waals surface area contributed by atoms with Gasteiger partial charge >= 0.3 is 0 Å². The van der Waals surface area contributed by atoms with Crippen molar-refractivity contribution in [3.8, 4) is 11.3 Å². The van der Waals surface area contributed by atoms with Crippen LogP contribution >= 0.6 is 23.2 Å². The lowest BCUT2D eigenvalue weighted by atomic mass is 10.1. The summed E-state index contributed by atoms with van der Waals surface area (Å²) in [5, 5.41) is 4.27. The van der Waals surface area contributed by atoms with Crippen LogP contribution in [0.2, 0.25) is 10.0 Å². The van der Waals surface area contributed by atoms with Crippen molar-refractivity contribution < 1.29 is 0 Å². The van der Waals surface area contributed by atoms with Crippen LogP contribution in [0.3, 0.4) is 0 Å². The molecular formula is C13H12Cl2N2. The molecule has 1 aromatic carbocycles. The molecule has 1 heterocycles. The first-order valence-electron chi connectivity index (χ1n) is 5.37. The van der Waals surface area contributed by atoms with E-state index in [1.807, 2.05) is 37.3 Å². The van der Waals surface area contributed by atoms with Gasteiger partial charge in [-0.3, -0.25) is 0 Å². The van der Waals surface area contributed by atoms with Crippen LogP contribution < -0.4 is 5.32 Å². The van der Waals surface area contributed by atoms with Crippen molar-refractivity contribution in [1.82, 2.24) is 4.98 Å². The third-order valence-corrected chi connectivity index (χ3v) is 3.06. The third kappa shape index (κ3) is 2.90. The molecule has 0 bridgehead atoms. The summed E-state index contributed by atoms with van der Waals surface area (Å²) in [6, 6.07) is 11.4. The Hall–Kier alpha value is -1.25. The summed E-state index contributed by atoms with van der Waals surface area (Å²) < 4.78 is 0. The first kappa shape index (κ1) is 12.2. The lowest BCUT2D eigenvalue weighted by Gasteiger charge is -2.06. The van der Waals surface area contributed by atoms with Gasteiger partial charge in [-0.1, -0.05) is 35.3 Å². The minimum absolute atomic E-state index is 0.542. The molecule has 2 rings (SSSR count). The third-order valence-electron chi connectivity index (χ3n) is 2.32. The number of benzene rings is 1. The number of hydrogen-bond acceptors (Lipinski definition) is 2. The van der Waals surface area contributed by atoms with E-state index >= 15 is 0 Å². The Morgan fingerprint density at radius 2 is 1.94 bits per heavy atom. The zero-order valence-electron chi connectivity index (χ0n) is 9.37. The van der Waals surface area contributed by atoms with Gasteiger partial charge in [0.25, 0.3) is 0 Å². The summed E-state index contributed by atoms with van der Waals surface area (Å²) in [6.07, 6.45) is 0. The number of aromatic nitrogens is 1. The van der Waals surface area contributed by atoms with Crippen LogP contribution in [0.25, 0.3) is 11.3 Å². The molecule has 1 N–H and O–H groups in total. The smallest absolute Gasteiger partial charge is 0.126 e. The van der Waals surface area contributed by atoms with Crippen LogP contribution in [-0.4, -0.2) is 11.5 Å². The summed E-state index contributed by atoms with van der Waals surface area (Å²) in [5.74, 6) is 0.857. The van der Waals surface area contributed by atoms with E-state index in [4.69, 9.17) is 23.2 Å². The highest BCUT2D eigenvalue weighted by molar-refractivity contribution is 6.42. The van der Waals surface area contributed by atoms with Crippen molar-refractivity contribution in [2.75, 3.05) is 11.9 Å². The number of anilines is 1. The van der Waals surface area contributed by atoms with Gasteiger partial charge in [0.15, 0.2) is 0 Å². The second-order valence-corrected chi connectivity index (χ2v) is 4.38. The quantitative estimate of drug-likeness (QED) is 0.886. The van der Waals surface area contributed by atoms with Crippen molar-refractivity contribution >= 4 is 29.0 Å². The Bertz CT molecular complexity index is 527. The molecule has 0 fully saturated rings. The van der Waals surface area contributed by atoms with Crippen molar-refractivity contribution in [2.24, 2.45) is 0 Å². The molecule has 0 atom stereocenters. The predicted octanol–water partition coefficient (Wildman–Crippen LogP) is 4.49. The van der Waals surface area contributed by atoms with Gasteiger partial charge in [-0.25, -0.2) is 4.98 Å². The molecule has 2 aromatic rings. The SMILES string of the molecule is CCNc1cccc(-c2ccc(Cl)c(Cl)c2)n1. The number of nitrogens with zero attached hydrogens (tertiary/aromatic N) is 1. The highest BCUT2D eigenvalue weighted by Gasteiger charge is 2.03. The van der Waals surface area contributed by atoms with Gasteiger partial charge in [0.2, 0.25) is 0 Å². The van der Waals surface area contributed by atoms with Gasteiger partial charge in [-0.15, -0.1) is 0 Å². The van der Waals surface area contributed by atoms with Crippen molar-refractivity contribution in [3.63, 3.8) is 0 Å². The van der Waals surface area contributed by atoms with Gasteiger partial charge in [0.1, 0.15) is 5.82 Å². The summed E-state index contributed by atoms with van der Waals surface area (Å²) in [4.78, 5) is 4.49. The molecule has 0 saturated heterocycles. The monoisotopic (exact) mass is 266 g/mol. The van der Waals surface area contributed by atoms with Gasteiger partial charge in [0, 0.05) is 12.1 Å². The Labute approximate surface area is 111 Å². The van der Waals surface area contributed by atoms with Crippen molar-refractivity contribution in [3.05, 3.63) is 46.4 Å². The summed E-state index contributed by atoms with van der Waals surface area (Å²) in [6.45, 7) is 2.88. The van der Waals surface area contributed by atoms with E-state index in [9.17, 15) is 0 Å². The molecule has 17 heavy (non-hydrogen) atoms. The zero-order valence-corrected chi connectivity index (χ0v) is 10.9. The normalized spacial score (nSPS) is 10.3. The standard InChI is InChI=1S/C13H12Cl2N2/c1-2-16-13-5-3-4-12(17-13)9-6-7-10(14)11(15)8-9/h3-8H,2H2,1H3,(H,16,17). The summed E-state index contributed by atoms with van der Waals surface area (Å²) in [5.41, 5.74) is 1.83. The zero-order chi connectivity index (χ0) is 12.3. The largest absolute Gasteiger partial charge is 0.370 e. The lowest BCUT2D eigenvalue weighted by molar-refractivity contribution is 1.16. The topological polar surface area (TPSA) is 24.9 Å². The fourth-order valence-corrected chi connectivity index (χ4v) is 1.83. The molecule has 0 aliphatic heterocycles. The van der Waals surface area contributed by atoms with Crippen molar-refractivity contribution in [2.45, 2.75) is 6.92 Å². The molecule has 1 aromatic heterocycles. The average molecular weight is 267 g/mol. The van der Waals surface area contributed by atoms with E-state index < -0.39 is 0 Å². The van der Waals surface area contributed by atoms with Gasteiger partial charge < -0.3 is 5.32 Å². The maximum absolute atomic E-state index is 5.99. The van der Waals surface area contributed by atoms with E-state index in [1.54, 1.807) is 6.07 Å². The van der Waals surface area contributed by atoms with Gasteiger partial charge in [-0.2, -0.15) is 0 Å². The molecule has 2 nitrogen and oxygen atoms in total. The second-order valence-electron chi connectivity index (χ2n) is 3.57. The Balaban J connectivity index is 2.38. The molecule has 0 unspecified atom stereocenters. The molecule has 0 amide bonds. The van der Waals surface area contributed by atoms with Gasteiger partial charge in [-0.05, 0) is 31.2 Å². The Morgan fingerprint density at radius 1 is 1.12 bits per heavy atom. The van der Waals surface area contributed by atoms with Crippen LogP contribution in [0.5, 0.6) is 0 Å². The minimum atomic E-state index is 0.542. The molecule has 0 spiro atoms. The molecular weight excluding hydrogens is 255 g/mol. The predicted molar refractivity (Wildman–Crippen MR) is 73.9 cm³/mol. The highest BCUT2D eigenvalue weighted by atomic mass is 35.5. The molecule has 0 aliphatic carbocycles. The number of nitrogens with one attached hydrogen (secondary N) is 1. The van der Waals surface area contributed by atoms with Gasteiger partial charge in [0.05, 0.1) is 15.7 Å². The molecule has 0 radical (unpaired) electrons. The van der Waals surface area contributed by atoms with E-state index in [2.05, 4.69) is 10.3 Å². The summed E-state index contributed by atoms with van der Waals surface area (Å²) in [7, 11) is 0. The van der Waals surface area contributed by atoms with Crippen LogP contribution in [0.1, 0.15) is 6.92 Å². The number of hydrogen-bond donors (Lipinski definition) is 1. The Morgan fingerprint density at radius 3 is 2.65 bits per heavy atom. The first-order chi connectivity index (χ1) is 8.20. The molecule has 0 saturated carbocycles. The van der Waals surface area contributed by atoms with E-state index in [-0.39, 0.29) is 0 Å². The fraction of sp³-hybridized carbons (Fsp3) is 0.154. The van der Waals surface area contributed by atoms with E-state index in [0.717, 1.165) is 23.6 Å². The number of pyridine rings is 1. The maximum atomic E-state index is 5.99. The lowest BCUT2D eigenvalue weighted by Crippen LogP contribution is -1.99. The summed E-state index contributed by atoms with van der Waals surface area (Å²) >= 11 is 11.9. The fourth-order valence-electron chi connectivity index (χ4n) is 1.53. The average Bonchev–Trinajstić information content (AvgIpc) is 2.33. The number of halogens is 2. The second kappa shape index (κ2) is 5.39. The van der Waals surface area contributed by atoms with Crippen LogP contribution in [0.4, 0.5) is 5.82 Å². The van der Waals surface area contributed by atoms with E-state index in [0.29, 0.717) is 10.0 Å². The Kier molecular flexibility index (Phi) is 3.87.